The number of aryl methyl sites for hydroxylation is 1. The van der Waals surface area contributed by atoms with Crippen molar-refractivity contribution in [3.05, 3.63) is 84.4 Å². The van der Waals surface area contributed by atoms with Crippen LogP contribution in [0.25, 0.3) is 11.1 Å². The van der Waals surface area contributed by atoms with E-state index in [1.54, 1.807) is 36.4 Å². The van der Waals surface area contributed by atoms with Crippen LogP contribution in [0.5, 0.6) is 0 Å². The summed E-state index contributed by atoms with van der Waals surface area (Å²) in [5.74, 6) is 0. The van der Waals surface area contributed by atoms with Gasteiger partial charge in [-0.15, -0.1) is 0 Å². The largest absolute Gasteiger partial charge is 0.219 e. The molecule has 0 saturated heterocycles. The predicted molar refractivity (Wildman–Crippen MR) is 88.5 cm³/mol. The lowest BCUT2D eigenvalue weighted by atomic mass is 10.0. The fourth-order valence-electron chi connectivity index (χ4n) is 2.44. The molecule has 3 rings (SSSR count). The molecule has 0 aromatic heterocycles. The van der Waals surface area contributed by atoms with E-state index < -0.39 is 9.84 Å². The van der Waals surface area contributed by atoms with Crippen LogP contribution in [0.15, 0.2) is 88.7 Å². The van der Waals surface area contributed by atoms with Crippen molar-refractivity contribution < 1.29 is 8.42 Å². The summed E-state index contributed by atoms with van der Waals surface area (Å²) in [5, 5.41) is 0. The SMILES string of the molecule is Cc1cc(-c2ccccc2)cc(S(=O)(=O)c2ccccc2)c1. The Morgan fingerprint density at radius 1 is 0.636 bits per heavy atom. The molecule has 2 nitrogen and oxygen atoms in total. The highest BCUT2D eigenvalue weighted by atomic mass is 32.2. The normalized spacial score (nSPS) is 11.3. The van der Waals surface area contributed by atoms with Crippen LogP contribution in [0.1, 0.15) is 5.56 Å². The Balaban J connectivity index is 2.15. The second-order valence-electron chi connectivity index (χ2n) is 5.22. The summed E-state index contributed by atoms with van der Waals surface area (Å²) in [7, 11) is -3.49. The summed E-state index contributed by atoms with van der Waals surface area (Å²) >= 11 is 0. The first-order valence-electron chi connectivity index (χ1n) is 7.04. The molecule has 3 aromatic rings. The standard InChI is InChI=1S/C19H16O2S/c1-15-12-17(16-8-4-2-5-9-16)14-19(13-15)22(20,21)18-10-6-3-7-11-18/h2-14H,1H3. The van der Waals surface area contributed by atoms with Crippen LogP contribution in [0.4, 0.5) is 0 Å². The molecule has 0 radical (unpaired) electrons. The Morgan fingerprint density at radius 3 is 1.86 bits per heavy atom. The van der Waals surface area contributed by atoms with Gasteiger partial charge in [-0.3, -0.25) is 0 Å². The minimum absolute atomic E-state index is 0.319. The summed E-state index contributed by atoms with van der Waals surface area (Å²) in [4.78, 5) is 0.650. The first-order chi connectivity index (χ1) is 10.6. The molecule has 0 spiro atoms. The van der Waals surface area contributed by atoms with Crippen molar-refractivity contribution in [2.45, 2.75) is 16.7 Å². The summed E-state index contributed by atoms with van der Waals surface area (Å²) in [6, 6.07) is 23.8. The molecule has 0 aliphatic heterocycles. The zero-order valence-electron chi connectivity index (χ0n) is 12.2. The van der Waals surface area contributed by atoms with Crippen LogP contribution in [0.2, 0.25) is 0 Å². The highest BCUT2D eigenvalue weighted by Crippen LogP contribution is 2.27. The molecule has 22 heavy (non-hydrogen) atoms. The van der Waals surface area contributed by atoms with Gasteiger partial charge in [0.15, 0.2) is 0 Å². The van der Waals surface area contributed by atoms with Gasteiger partial charge in [0, 0.05) is 0 Å². The quantitative estimate of drug-likeness (QED) is 0.714. The van der Waals surface area contributed by atoms with Crippen molar-refractivity contribution in [3.63, 3.8) is 0 Å². The van der Waals surface area contributed by atoms with Gasteiger partial charge >= 0.3 is 0 Å². The third-order valence-electron chi connectivity index (χ3n) is 3.52. The lowest BCUT2D eigenvalue weighted by Gasteiger charge is -2.09. The number of benzene rings is 3. The van der Waals surface area contributed by atoms with Crippen molar-refractivity contribution in [2.24, 2.45) is 0 Å². The summed E-state index contributed by atoms with van der Waals surface area (Å²) in [6.07, 6.45) is 0. The van der Waals surface area contributed by atoms with E-state index in [1.807, 2.05) is 49.4 Å². The number of sulfone groups is 1. The van der Waals surface area contributed by atoms with Crippen LogP contribution in [-0.4, -0.2) is 8.42 Å². The molecule has 0 heterocycles. The van der Waals surface area contributed by atoms with E-state index in [2.05, 4.69) is 0 Å². The topological polar surface area (TPSA) is 34.1 Å². The van der Waals surface area contributed by atoms with Crippen LogP contribution in [0, 0.1) is 6.92 Å². The van der Waals surface area contributed by atoms with Gasteiger partial charge in [0.05, 0.1) is 9.79 Å². The molecule has 0 atom stereocenters. The van der Waals surface area contributed by atoms with Gasteiger partial charge in [-0.25, -0.2) is 8.42 Å². The van der Waals surface area contributed by atoms with Gasteiger partial charge in [-0.1, -0.05) is 54.6 Å². The van der Waals surface area contributed by atoms with Crippen molar-refractivity contribution >= 4 is 9.84 Å². The maximum atomic E-state index is 12.8. The second-order valence-corrected chi connectivity index (χ2v) is 7.17. The zero-order valence-corrected chi connectivity index (χ0v) is 13.0. The number of hydrogen-bond donors (Lipinski definition) is 0. The van der Waals surface area contributed by atoms with Gasteiger partial charge in [-0.2, -0.15) is 0 Å². The van der Waals surface area contributed by atoms with E-state index in [0.29, 0.717) is 9.79 Å². The van der Waals surface area contributed by atoms with Crippen molar-refractivity contribution in [2.75, 3.05) is 0 Å². The Kier molecular flexibility index (Phi) is 3.82. The molecule has 0 aliphatic carbocycles. The zero-order chi connectivity index (χ0) is 15.6. The summed E-state index contributed by atoms with van der Waals surface area (Å²) in [6.45, 7) is 1.91. The van der Waals surface area contributed by atoms with Crippen molar-refractivity contribution in [3.8, 4) is 11.1 Å². The average molecular weight is 308 g/mol. The Morgan fingerprint density at radius 2 is 1.23 bits per heavy atom. The van der Waals surface area contributed by atoms with E-state index in [9.17, 15) is 8.42 Å². The lowest BCUT2D eigenvalue weighted by molar-refractivity contribution is 0.596. The van der Waals surface area contributed by atoms with Gasteiger partial charge in [0.25, 0.3) is 0 Å². The summed E-state index contributed by atoms with van der Waals surface area (Å²) < 4.78 is 25.5. The molecule has 0 aliphatic rings. The van der Waals surface area contributed by atoms with Gasteiger partial charge in [-0.05, 0) is 47.9 Å². The van der Waals surface area contributed by atoms with Gasteiger partial charge < -0.3 is 0 Å². The van der Waals surface area contributed by atoms with E-state index in [4.69, 9.17) is 0 Å². The highest BCUT2D eigenvalue weighted by molar-refractivity contribution is 7.91. The smallest absolute Gasteiger partial charge is 0.206 e. The molecule has 0 bridgehead atoms. The molecule has 0 fully saturated rings. The van der Waals surface area contributed by atoms with E-state index in [0.717, 1.165) is 16.7 Å². The van der Waals surface area contributed by atoms with Crippen LogP contribution in [0.3, 0.4) is 0 Å². The molecular formula is C19H16O2S. The third-order valence-corrected chi connectivity index (χ3v) is 5.27. The maximum absolute atomic E-state index is 12.8. The molecule has 0 saturated carbocycles. The molecule has 110 valence electrons. The Labute approximate surface area is 131 Å². The summed E-state index contributed by atoms with van der Waals surface area (Å²) in [5.41, 5.74) is 2.85. The van der Waals surface area contributed by atoms with Crippen LogP contribution < -0.4 is 0 Å². The number of rotatable bonds is 3. The fourth-order valence-corrected chi connectivity index (χ4v) is 3.85. The van der Waals surface area contributed by atoms with Crippen LogP contribution >= 0.6 is 0 Å². The van der Waals surface area contributed by atoms with E-state index in [1.165, 1.54) is 0 Å². The molecule has 0 amide bonds. The highest BCUT2D eigenvalue weighted by Gasteiger charge is 2.18. The fraction of sp³-hybridized carbons (Fsp3) is 0.0526. The van der Waals surface area contributed by atoms with Crippen molar-refractivity contribution in [1.82, 2.24) is 0 Å². The first kappa shape index (κ1) is 14.5. The maximum Gasteiger partial charge on any atom is 0.206 e. The average Bonchev–Trinajstić information content (AvgIpc) is 2.56. The van der Waals surface area contributed by atoms with Crippen molar-refractivity contribution in [1.29, 1.82) is 0 Å². The first-order valence-corrected chi connectivity index (χ1v) is 8.53. The molecule has 3 aromatic carbocycles. The third kappa shape index (κ3) is 2.81. The lowest BCUT2D eigenvalue weighted by Crippen LogP contribution is -2.02. The Hall–Kier alpha value is -2.39. The minimum Gasteiger partial charge on any atom is -0.219 e. The Bertz CT molecular complexity index is 883. The number of hydrogen-bond acceptors (Lipinski definition) is 2. The van der Waals surface area contributed by atoms with Gasteiger partial charge in [0.2, 0.25) is 9.84 Å². The monoisotopic (exact) mass is 308 g/mol. The minimum atomic E-state index is -3.49. The van der Waals surface area contributed by atoms with E-state index >= 15 is 0 Å². The second kappa shape index (κ2) is 5.78. The molecule has 0 unspecified atom stereocenters. The predicted octanol–water partition coefficient (Wildman–Crippen LogP) is 4.49. The van der Waals surface area contributed by atoms with Crippen LogP contribution in [-0.2, 0) is 9.84 Å². The van der Waals surface area contributed by atoms with Gasteiger partial charge in [0.1, 0.15) is 0 Å². The van der Waals surface area contributed by atoms with E-state index in [-0.39, 0.29) is 0 Å². The molecular weight excluding hydrogens is 292 g/mol. The molecule has 3 heteroatoms. The molecule has 0 N–H and O–H groups in total.